The summed E-state index contributed by atoms with van der Waals surface area (Å²) in [6.45, 7) is 5.59. The van der Waals surface area contributed by atoms with Crippen molar-refractivity contribution in [3.05, 3.63) is 18.0 Å². The first kappa shape index (κ1) is 9.71. The SMILES string of the molecule is CC(C)Cn1cc(C2(CO)CC2)cn1. The molecule has 1 aromatic heterocycles. The van der Waals surface area contributed by atoms with Crippen molar-refractivity contribution in [1.82, 2.24) is 9.78 Å². The van der Waals surface area contributed by atoms with Crippen LogP contribution in [0.4, 0.5) is 0 Å². The minimum Gasteiger partial charge on any atom is -0.395 e. The van der Waals surface area contributed by atoms with Crippen molar-refractivity contribution in [2.75, 3.05) is 6.61 Å². The van der Waals surface area contributed by atoms with Gasteiger partial charge < -0.3 is 5.11 Å². The van der Waals surface area contributed by atoms with E-state index in [1.165, 1.54) is 5.56 Å². The first-order chi connectivity index (χ1) is 6.66. The van der Waals surface area contributed by atoms with Gasteiger partial charge in [0.25, 0.3) is 0 Å². The zero-order valence-electron chi connectivity index (χ0n) is 8.90. The number of hydrogen-bond acceptors (Lipinski definition) is 2. The molecule has 14 heavy (non-hydrogen) atoms. The Kier molecular flexibility index (Phi) is 2.35. The predicted molar refractivity (Wildman–Crippen MR) is 55.1 cm³/mol. The van der Waals surface area contributed by atoms with E-state index >= 15 is 0 Å². The third-order valence-corrected chi connectivity index (χ3v) is 2.95. The number of aliphatic hydroxyl groups excluding tert-OH is 1. The van der Waals surface area contributed by atoms with Crippen LogP contribution in [0.25, 0.3) is 0 Å². The molecule has 0 radical (unpaired) electrons. The highest BCUT2D eigenvalue weighted by Gasteiger charge is 2.44. The minimum atomic E-state index is 0.0647. The number of nitrogens with zero attached hydrogens (tertiary/aromatic N) is 2. The van der Waals surface area contributed by atoms with E-state index in [2.05, 4.69) is 25.1 Å². The van der Waals surface area contributed by atoms with Crippen molar-refractivity contribution in [3.63, 3.8) is 0 Å². The summed E-state index contributed by atoms with van der Waals surface area (Å²) in [5.74, 6) is 0.618. The highest BCUT2D eigenvalue weighted by Crippen LogP contribution is 2.47. The van der Waals surface area contributed by atoms with E-state index in [1.807, 2.05) is 10.9 Å². The van der Waals surface area contributed by atoms with Crippen molar-refractivity contribution >= 4 is 0 Å². The normalized spacial score (nSPS) is 18.9. The molecule has 1 aliphatic carbocycles. The summed E-state index contributed by atoms with van der Waals surface area (Å²) >= 11 is 0. The summed E-state index contributed by atoms with van der Waals surface area (Å²) in [6.07, 6.45) is 6.21. The van der Waals surface area contributed by atoms with Crippen molar-refractivity contribution in [3.8, 4) is 0 Å². The van der Waals surface area contributed by atoms with Crippen LogP contribution in [-0.4, -0.2) is 21.5 Å². The lowest BCUT2D eigenvalue weighted by atomic mass is 10.0. The Morgan fingerprint density at radius 2 is 2.29 bits per heavy atom. The lowest BCUT2D eigenvalue weighted by Crippen LogP contribution is -2.11. The Bertz CT molecular complexity index is 313. The van der Waals surface area contributed by atoms with Gasteiger partial charge in [-0.05, 0) is 24.3 Å². The van der Waals surface area contributed by atoms with Gasteiger partial charge in [-0.3, -0.25) is 4.68 Å². The molecule has 3 nitrogen and oxygen atoms in total. The molecule has 0 atom stereocenters. The Labute approximate surface area is 84.7 Å². The summed E-state index contributed by atoms with van der Waals surface area (Å²) in [5, 5.41) is 13.6. The van der Waals surface area contributed by atoms with Gasteiger partial charge in [0.2, 0.25) is 0 Å². The van der Waals surface area contributed by atoms with Crippen LogP contribution >= 0.6 is 0 Å². The molecule has 2 rings (SSSR count). The Morgan fingerprint density at radius 3 is 2.79 bits per heavy atom. The predicted octanol–water partition coefficient (Wildman–Crippen LogP) is 1.56. The molecule has 0 spiro atoms. The largest absolute Gasteiger partial charge is 0.395 e. The van der Waals surface area contributed by atoms with E-state index in [4.69, 9.17) is 0 Å². The fraction of sp³-hybridized carbons (Fsp3) is 0.727. The van der Waals surface area contributed by atoms with Gasteiger partial charge in [-0.25, -0.2) is 0 Å². The van der Waals surface area contributed by atoms with Crippen LogP contribution in [0.2, 0.25) is 0 Å². The molecule has 0 unspecified atom stereocenters. The molecule has 0 saturated heterocycles. The lowest BCUT2D eigenvalue weighted by Gasteiger charge is -2.08. The second-order valence-electron chi connectivity index (χ2n) is 4.78. The number of aliphatic hydroxyl groups is 1. The molecule has 1 heterocycles. The number of aromatic nitrogens is 2. The summed E-state index contributed by atoms with van der Waals surface area (Å²) in [4.78, 5) is 0. The van der Waals surface area contributed by atoms with E-state index in [0.29, 0.717) is 5.92 Å². The van der Waals surface area contributed by atoms with Gasteiger partial charge >= 0.3 is 0 Å². The summed E-state index contributed by atoms with van der Waals surface area (Å²) in [5.41, 5.74) is 1.27. The molecule has 1 N–H and O–H groups in total. The van der Waals surface area contributed by atoms with Crippen LogP contribution in [0.5, 0.6) is 0 Å². The molecule has 0 aliphatic heterocycles. The molecule has 1 fully saturated rings. The van der Waals surface area contributed by atoms with E-state index in [0.717, 1.165) is 19.4 Å². The van der Waals surface area contributed by atoms with E-state index in [9.17, 15) is 5.11 Å². The van der Waals surface area contributed by atoms with E-state index < -0.39 is 0 Å². The van der Waals surface area contributed by atoms with Gasteiger partial charge in [-0.2, -0.15) is 5.10 Å². The van der Waals surface area contributed by atoms with Gasteiger partial charge in [0, 0.05) is 18.2 Å². The Hall–Kier alpha value is -0.830. The standard InChI is InChI=1S/C11H18N2O/c1-9(2)6-13-7-10(5-12-13)11(8-14)3-4-11/h5,7,9,14H,3-4,6,8H2,1-2H3. The highest BCUT2D eigenvalue weighted by molar-refractivity contribution is 5.26. The molecule has 1 saturated carbocycles. The van der Waals surface area contributed by atoms with Crippen LogP contribution < -0.4 is 0 Å². The topological polar surface area (TPSA) is 38.0 Å². The maximum Gasteiger partial charge on any atom is 0.0529 e. The number of rotatable bonds is 4. The second kappa shape index (κ2) is 3.39. The van der Waals surface area contributed by atoms with Gasteiger partial charge in [-0.15, -0.1) is 0 Å². The van der Waals surface area contributed by atoms with Crippen LogP contribution in [0.1, 0.15) is 32.3 Å². The summed E-state index contributed by atoms with van der Waals surface area (Å²) in [7, 11) is 0. The third kappa shape index (κ3) is 1.69. The average Bonchev–Trinajstić information content (AvgIpc) is 2.81. The Balaban J connectivity index is 2.10. The second-order valence-corrected chi connectivity index (χ2v) is 4.78. The maximum absolute atomic E-state index is 9.26. The molecular weight excluding hydrogens is 176 g/mol. The average molecular weight is 194 g/mol. The lowest BCUT2D eigenvalue weighted by molar-refractivity contribution is 0.255. The van der Waals surface area contributed by atoms with Gasteiger partial charge in [0.1, 0.15) is 0 Å². The van der Waals surface area contributed by atoms with Gasteiger partial charge in [-0.1, -0.05) is 13.8 Å². The molecule has 0 bridgehead atoms. The minimum absolute atomic E-state index is 0.0647. The fourth-order valence-electron chi connectivity index (χ4n) is 1.80. The van der Waals surface area contributed by atoms with E-state index in [-0.39, 0.29) is 12.0 Å². The first-order valence-electron chi connectivity index (χ1n) is 5.30. The molecule has 3 heteroatoms. The molecular formula is C11H18N2O. The molecule has 1 aliphatic rings. The van der Waals surface area contributed by atoms with Crippen LogP contribution in [0.3, 0.4) is 0 Å². The summed E-state index contributed by atoms with van der Waals surface area (Å²) < 4.78 is 1.98. The van der Waals surface area contributed by atoms with Gasteiger partial charge in [0.05, 0.1) is 12.8 Å². The van der Waals surface area contributed by atoms with Crippen molar-refractivity contribution in [2.45, 2.75) is 38.6 Å². The quantitative estimate of drug-likeness (QED) is 0.790. The molecule has 1 aromatic rings. The van der Waals surface area contributed by atoms with E-state index in [1.54, 1.807) is 0 Å². The van der Waals surface area contributed by atoms with Crippen molar-refractivity contribution < 1.29 is 5.11 Å². The van der Waals surface area contributed by atoms with Gasteiger partial charge in [0.15, 0.2) is 0 Å². The molecule has 78 valence electrons. The zero-order chi connectivity index (χ0) is 10.2. The monoisotopic (exact) mass is 194 g/mol. The van der Waals surface area contributed by atoms with Crippen molar-refractivity contribution in [1.29, 1.82) is 0 Å². The highest BCUT2D eigenvalue weighted by atomic mass is 16.3. The van der Waals surface area contributed by atoms with Crippen molar-refractivity contribution in [2.24, 2.45) is 5.92 Å². The fourth-order valence-corrected chi connectivity index (χ4v) is 1.80. The smallest absolute Gasteiger partial charge is 0.0529 e. The Morgan fingerprint density at radius 1 is 1.57 bits per heavy atom. The molecule has 0 amide bonds. The summed E-state index contributed by atoms with van der Waals surface area (Å²) in [6, 6.07) is 0. The first-order valence-corrected chi connectivity index (χ1v) is 5.30. The maximum atomic E-state index is 9.26. The number of hydrogen-bond donors (Lipinski definition) is 1. The van der Waals surface area contributed by atoms with Crippen LogP contribution in [0, 0.1) is 5.92 Å². The van der Waals surface area contributed by atoms with Crippen LogP contribution in [-0.2, 0) is 12.0 Å². The van der Waals surface area contributed by atoms with Crippen LogP contribution in [0.15, 0.2) is 12.4 Å². The zero-order valence-corrected chi connectivity index (χ0v) is 8.90. The third-order valence-electron chi connectivity index (χ3n) is 2.95. The molecule has 0 aromatic carbocycles.